The van der Waals surface area contributed by atoms with Gasteiger partial charge in [-0.25, -0.2) is 9.78 Å². The van der Waals surface area contributed by atoms with E-state index in [0.29, 0.717) is 16.5 Å². The number of anilines is 1. The van der Waals surface area contributed by atoms with Crippen LogP contribution in [0, 0.1) is 0 Å². The molecule has 24 heavy (non-hydrogen) atoms. The molecular weight excluding hydrogens is 332 g/mol. The van der Waals surface area contributed by atoms with Gasteiger partial charge in [-0.05, 0) is 37.5 Å². The van der Waals surface area contributed by atoms with Crippen LogP contribution in [0.2, 0.25) is 5.02 Å². The lowest BCUT2D eigenvalue weighted by atomic mass is 10.2. The van der Waals surface area contributed by atoms with Gasteiger partial charge in [-0.2, -0.15) is 0 Å². The van der Waals surface area contributed by atoms with E-state index in [-0.39, 0.29) is 17.6 Å². The van der Waals surface area contributed by atoms with Gasteiger partial charge in [0.15, 0.2) is 0 Å². The number of aromatic nitrogens is 2. The van der Waals surface area contributed by atoms with Crippen LogP contribution >= 0.6 is 11.6 Å². The Bertz CT molecular complexity index is 791. The van der Waals surface area contributed by atoms with Crippen molar-refractivity contribution < 1.29 is 9.90 Å². The van der Waals surface area contributed by atoms with Gasteiger partial charge in [0.2, 0.25) is 0 Å². The maximum absolute atomic E-state index is 11.9. The van der Waals surface area contributed by atoms with Crippen LogP contribution < -0.4 is 16.2 Å². The van der Waals surface area contributed by atoms with Gasteiger partial charge < -0.3 is 15.7 Å². The zero-order valence-corrected chi connectivity index (χ0v) is 13.5. The van der Waals surface area contributed by atoms with Gasteiger partial charge in [-0.15, -0.1) is 0 Å². The number of carbonyl (C=O) groups is 1. The molecule has 2 aromatic rings. The first kappa shape index (κ1) is 16.3. The molecule has 2 heterocycles. The first-order valence-electron chi connectivity index (χ1n) is 7.62. The molecule has 1 amide bonds. The van der Waals surface area contributed by atoms with Crippen molar-refractivity contribution in [1.29, 1.82) is 0 Å². The predicted octanol–water partition coefficient (Wildman–Crippen LogP) is 2.49. The zero-order chi connectivity index (χ0) is 17.1. The molecule has 2 aromatic heterocycles. The molecule has 0 aliphatic heterocycles. The van der Waals surface area contributed by atoms with Gasteiger partial charge in [0, 0.05) is 24.3 Å². The van der Waals surface area contributed by atoms with E-state index >= 15 is 0 Å². The highest BCUT2D eigenvalue weighted by Crippen LogP contribution is 2.22. The molecule has 0 bridgehead atoms. The average molecular weight is 349 g/mol. The Morgan fingerprint density at radius 1 is 1.25 bits per heavy atom. The quantitative estimate of drug-likeness (QED) is 0.788. The molecule has 0 radical (unpaired) electrons. The third-order valence-corrected chi connectivity index (χ3v) is 4.24. The average Bonchev–Trinajstić information content (AvgIpc) is 2.97. The molecule has 3 N–H and O–H groups in total. The van der Waals surface area contributed by atoms with Gasteiger partial charge in [-0.3, -0.25) is 9.36 Å². The van der Waals surface area contributed by atoms with Gasteiger partial charge >= 0.3 is 6.09 Å². The number of pyridine rings is 2. The van der Waals surface area contributed by atoms with E-state index < -0.39 is 6.09 Å². The van der Waals surface area contributed by atoms with Crippen molar-refractivity contribution in [2.45, 2.75) is 31.3 Å². The minimum absolute atomic E-state index is 0.0238. The number of rotatable bonds is 4. The fourth-order valence-electron chi connectivity index (χ4n) is 2.90. The topological polar surface area (TPSA) is 96.2 Å². The Labute approximate surface area is 143 Å². The molecule has 0 saturated heterocycles. The molecule has 7 nitrogen and oxygen atoms in total. The molecule has 126 valence electrons. The molecule has 0 unspecified atom stereocenters. The summed E-state index contributed by atoms with van der Waals surface area (Å²) >= 11 is 5.92. The number of hydrogen-bond donors (Lipinski definition) is 3. The highest BCUT2D eigenvalue weighted by Gasteiger charge is 2.25. The Morgan fingerprint density at radius 3 is 2.75 bits per heavy atom. The first-order chi connectivity index (χ1) is 11.5. The predicted molar refractivity (Wildman–Crippen MR) is 91.1 cm³/mol. The zero-order valence-electron chi connectivity index (χ0n) is 12.8. The lowest BCUT2D eigenvalue weighted by molar-refractivity contribution is 0.190. The molecule has 0 aromatic carbocycles. The van der Waals surface area contributed by atoms with Crippen LogP contribution in [-0.2, 0) is 0 Å². The minimum atomic E-state index is -0.991. The number of halogens is 1. The summed E-state index contributed by atoms with van der Waals surface area (Å²) in [5, 5.41) is 15.0. The van der Waals surface area contributed by atoms with Crippen molar-refractivity contribution >= 4 is 23.5 Å². The summed E-state index contributed by atoms with van der Waals surface area (Å²) in [6.45, 7) is 0. The third-order valence-electron chi connectivity index (χ3n) is 4.01. The molecule has 1 fully saturated rings. The first-order valence-corrected chi connectivity index (χ1v) is 8.00. The van der Waals surface area contributed by atoms with Crippen LogP contribution in [0.3, 0.4) is 0 Å². The maximum Gasteiger partial charge on any atom is 0.404 e. The van der Waals surface area contributed by atoms with Crippen molar-refractivity contribution in [1.82, 2.24) is 14.9 Å². The van der Waals surface area contributed by atoms with Gasteiger partial charge in [-0.1, -0.05) is 11.6 Å². The molecule has 8 heteroatoms. The SMILES string of the molecule is O=C(O)N[C@H]1CC[C@H](Nc2ccc(-n3cc(Cl)ccc3=O)cn2)C1. The van der Waals surface area contributed by atoms with Crippen molar-refractivity contribution in [2.75, 3.05) is 5.32 Å². The van der Waals surface area contributed by atoms with Crippen molar-refractivity contribution in [2.24, 2.45) is 0 Å². The van der Waals surface area contributed by atoms with Crippen LogP contribution in [0.5, 0.6) is 0 Å². The second kappa shape index (κ2) is 6.92. The Hall–Kier alpha value is -2.54. The molecule has 1 aliphatic rings. The van der Waals surface area contributed by atoms with Crippen molar-refractivity contribution in [3.05, 3.63) is 52.0 Å². The van der Waals surface area contributed by atoms with Crippen LogP contribution in [0.1, 0.15) is 19.3 Å². The summed E-state index contributed by atoms with van der Waals surface area (Å²) in [7, 11) is 0. The van der Waals surface area contributed by atoms with Crippen LogP contribution in [-0.4, -0.2) is 32.8 Å². The van der Waals surface area contributed by atoms with Crippen LogP contribution in [0.25, 0.3) is 5.69 Å². The fourth-order valence-corrected chi connectivity index (χ4v) is 3.06. The molecule has 3 rings (SSSR count). The van der Waals surface area contributed by atoms with Gasteiger partial charge in [0.05, 0.1) is 16.9 Å². The second-order valence-corrected chi connectivity index (χ2v) is 6.19. The summed E-state index contributed by atoms with van der Waals surface area (Å²) in [6.07, 6.45) is 4.57. The Morgan fingerprint density at radius 2 is 2.04 bits per heavy atom. The smallest absolute Gasteiger partial charge is 0.404 e. The molecule has 1 aliphatic carbocycles. The third kappa shape index (κ3) is 3.86. The van der Waals surface area contributed by atoms with Crippen LogP contribution in [0.4, 0.5) is 10.6 Å². The van der Waals surface area contributed by atoms with E-state index in [0.717, 1.165) is 19.3 Å². The monoisotopic (exact) mass is 348 g/mol. The highest BCUT2D eigenvalue weighted by molar-refractivity contribution is 6.30. The van der Waals surface area contributed by atoms with Crippen LogP contribution in [0.15, 0.2) is 41.5 Å². The Balaban J connectivity index is 1.66. The second-order valence-electron chi connectivity index (χ2n) is 5.76. The summed E-state index contributed by atoms with van der Waals surface area (Å²) in [5.41, 5.74) is 0.449. The van der Waals surface area contributed by atoms with E-state index in [1.54, 1.807) is 30.6 Å². The van der Waals surface area contributed by atoms with E-state index in [1.807, 2.05) is 0 Å². The summed E-state index contributed by atoms with van der Waals surface area (Å²) in [6, 6.07) is 6.68. The number of hydrogen-bond acceptors (Lipinski definition) is 4. The van der Waals surface area contributed by atoms with E-state index in [2.05, 4.69) is 15.6 Å². The molecular formula is C16H17ClN4O3. The maximum atomic E-state index is 11.9. The highest BCUT2D eigenvalue weighted by atomic mass is 35.5. The van der Waals surface area contributed by atoms with E-state index in [9.17, 15) is 9.59 Å². The van der Waals surface area contributed by atoms with E-state index in [1.165, 1.54) is 10.6 Å². The summed E-state index contributed by atoms with van der Waals surface area (Å²) in [5.74, 6) is 0.690. The lowest BCUT2D eigenvalue weighted by Crippen LogP contribution is -2.32. The largest absolute Gasteiger partial charge is 0.465 e. The summed E-state index contributed by atoms with van der Waals surface area (Å²) in [4.78, 5) is 26.9. The van der Waals surface area contributed by atoms with Gasteiger partial charge in [0.1, 0.15) is 5.82 Å². The van der Waals surface area contributed by atoms with E-state index in [4.69, 9.17) is 16.7 Å². The normalized spacial score (nSPS) is 19.9. The number of carboxylic acid groups (broad SMARTS) is 1. The van der Waals surface area contributed by atoms with Crippen molar-refractivity contribution in [3.8, 4) is 5.69 Å². The fraction of sp³-hybridized carbons (Fsp3) is 0.312. The molecule has 0 spiro atoms. The minimum Gasteiger partial charge on any atom is -0.465 e. The standard InChI is InChI=1S/C16H17ClN4O3/c17-10-1-6-15(22)21(9-10)13-4-5-14(18-8-13)19-11-2-3-12(7-11)20-16(23)24/h1,4-6,8-9,11-12,20H,2-3,7H2,(H,18,19)(H,23,24)/t11-,12-/m0/s1. The Kier molecular flexibility index (Phi) is 4.71. The number of nitrogens with zero attached hydrogens (tertiary/aromatic N) is 2. The van der Waals surface area contributed by atoms with Crippen molar-refractivity contribution in [3.63, 3.8) is 0 Å². The molecule has 1 saturated carbocycles. The number of amides is 1. The number of nitrogens with one attached hydrogen (secondary N) is 2. The lowest BCUT2D eigenvalue weighted by Gasteiger charge is -2.14. The van der Waals surface area contributed by atoms with Gasteiger partial charge in [0.25, 0.3) is 5.56 Å². The molecule has 2 atom stereocenters. The summed E-state index contributed by atoms with van der Waals surface area (Å²) < 4.78 is 1.43.